The lowest BCUT2D eigenvalue weighted by Crippen LogP contribution is -2.47. The van der Waals surface area contributed by atoms with Crippen molar-refractivity contribution in [2.24, 2.45) is 5.41 Å². The van der Waals surface area contributed by atoms with Gasteiger partial charge in [-0.3, -0.25) is 0 Å². The summed E-state index contributed by atoms with van der Waals surface area (Å²) in [5.74, 6) is 0.124. The van der Waals surface area contributed by atoms with Gasteiger partial charge >= 0.3 is 0 Å². The zero-order valence-electron chi connectivity index (χ0n) is 12.9. The van der Waals surface area contributed by atoms with Gasteiger partial charge in [0.2, 0.25) is 10.0 Å². The van der Waals surface area contributed by atoms with Crippen LogP contribution in [-0.2, 0) is 10.0 Å². The summed E-state index contributed by atoms with van der Waals surface area (Å²) < 4.78 is 26.7. The predicted octanol–water partition coefficient (Wildman–Crippen LogP) is 2.12. The monoisotopic (exact) mass is 278 g/mol. The van der Waals surface area contributed by atoms with Crippen LogP contribution in [-0.4, -0.2) is 32.3 Å². The Bertz CT molecular complexity index is 340. The van der Waals surface area contributed by atoms with Gasteiger partial charge in [-0.25, -0.2) is 13.1 Å². The number of hydrogen-bond acceptors (Lipinski definition) is 3. The zero-order chi connectivity index (χ0) is 14.6. The highest BCUT2D eigenvalue weighted by atomic mass is 32.2. The number of hydrogen-bond donors (Lipinski definition) is 2. The SMILES string of the molecule is CC(C)NCCS(=O)(=O)NC(C)(C)CC(C)(C)C. The Morgan fingerprint density at radius 1 is 1.06 bits per heavy atom. The number of rotatable bonds is 7. The Kier molecular flexibility index (Phi) is 6.30. The number of nitrogens with one attached hydrogen (secondary N) is 2. The molecule has 0 saturated carbocycles. The second-order valence-corrected chi connectivity index (χ2v) is 8.99. The molecule has 2 N–H and O–H groups in total. The minimum Gasteiger partial charge on any atom is -0.313 e. The molecule has 5 heteroatoms. The molecule has 0 rings (SSSR count). The second-order valence-electron chi connectivity index (χ2n) is 7.15. The summed E-state index contributed by atoms with van der Waals surface area (Å²) in [6.45, 7) is 14.7. The van der Waals surface area contributed by atoms with Crippen LogP contribution in [0, 0.1) is 5.41 Å². The van der Waals surface area contributed by atoms with Gasteiger partial charge in [0.05, 0.1) is 5.75 Å². The summed E-state index contributed by atoms with van der Waals surface area (Å²) in [6.07, 6.45) is 0.802. The van der Waals surface area contributed by atoms with E-state index in [0.29, 0.717) is 12.6 Å². The molecule has 4 nitrogen and oxygen atoms in total. The van der Waals surface area contributed by atoms with Crippen molar-refractivity contribution >= 4 is 10.0 Å². The van der Waals surface area contributed by atoms with Crippen LogP contribution < -0.4 is 10.0 Å². The normalized spacial score (nSPS) is 14.2. The van der Waals surface area contributed by atoms with E-state index in [9.17, 15) is 8.42 Å². The van der Waals surface area contributed by atoms with Gasteiger partial charge in [-0.05, 0) is 25.7 Å². The van der Waals surface area contributed by atoms with E-state index in [1.54, 1.807) is 0 Å². The molecule has 0 bridgehead atoms. The van der Waals surface area contributed by atoms with Crippen LogP contribution in [0.2, 0.25) is 0 Å². The molecular weight excluding hydrogens is 248 g/mol. The molecule has 0 aliphatic carbocycles. The van der Waals surface area contributed by atoms with Gasteiger partial charge in [0.15, 0.2) is 0 Å². The van der Waals surface area contributed by atoms with Crippen molar-refractivity contribution in [3.8, 4) is 0 Å². The highest BCUT2D eigenvalue weighted by Gasteiger charge is 2.29. The molecule has 0 amide bonds. The van der Waals surface area contributed by atoms with E-state index in [0.717, 1.165) is 6.42 Å². The Hall–Kier alpha value is -0.130. The van der Waals surface area contributed by atoms with E-state index in [2.05, 4.69) is 30.8 Å². The Morgan fingerprint density at radius 3 is 1.94 bits per heavy atom. The molecule has 0 unspecified atom stereocenters. The summed E-state index contributed by atoms with van der Waals surface area (Å²) in [5, 5.41) is 3.12. The smallest absolute Gasteiger partial charge is 0.213 e. The van der Waals surface area contributed by atoms with Crippen molar-refractivity contribution in [3.05, 3.63) is 0 Å². The fourth-order valence-electron chi connectivity index (χ4n) is 2.32. The molecule has 0 radical (unpaired) electrons. The lowest BCUT2D eigenvalue weighted by Gasteiger charge is -2.33. The Balaban J connectivity index is 4.39. The van der Waals surface area contributed by atoms with E-state index in [-0.39, 0.29) is 11.2 Å². The van der Waals surface area contributed by atoms with E-state index < -0.39 is 15.6 Å². The molecule has 0 aromatic carbocycles. The molecule has 0 atom stereocenters. The van der Waals surface area contributed by atoms with Crippen molar-refractivity contribution in [2.45, 2.75) is 66.5 Å². The maximum Gasteiger partial charge on any atom is 0.213 e. The molecule has 0 spiro atoms. The third-order valence-electron chi connectivity index (χ3n) is 2.33. The van der Waals surface area contributed by atoms with Crippen LogP contribution in [0.15, 0.2) is 0 Å². The largest absolute Gasteiger partial charge is 0.313 e. The van der Waals surface area contributed by atoms with Crippen LogP contribution in [0.1, 0.15) is 54.9 Å². The zero-order valence-corrected chi connectivity index (χ0v) is 13.7. The van der Waals surface area contributed by atoms with Crippen LogP contribution >= 0.6 is 0 Å². The Morgan fingerprint density at radius 2 is 1.56 bits per heavy atom. The summed E-state index contributed by atoms with van der Waals surface area (Å²) >= 11 is 0. The van der Waals surface area contributed by atoms with Gasteiger partial charge in [-0.2, -0.15) is 0 Å². The third kappa shape index (κ3) is 9.85. The second kappa shape index (κ2) is 6.35. The maximum absolute atomic E-state index is 12.0. The first-order valence-electron chi connectivity index (χ1n) is 6.58. The van der Waals surface area contributed by atoms with Gasteiger partial charge in [0.1, 0.15) is 0 Å². The fraction of sp³-hybridized carbons (Fsp3) is 1.00. The minimum absolute atomic E-state index is 0.0994. The molecule has 0 aliphatic rings. The standard InChI is InChI=1S/C13H30N2O2S/c1-11(2)14-8-9-18(16,17)15-13(6,7)10-12(3,4)5/h11,14-15H,8-10H2,1-7H3. The van der Waals surface area contributed by atoms with Gasteiger partial charge in [-0.1, -0.05) is 34.6 Å². The average molecular weight is 278 g/mol. The maximum atomic E-state index is 12.0. The predicted molar refractivity (Wildman–Crippen MR) is 78.2 cm³/mol. The van der Waals surface area contributed by atoms with Gasteiger partial charge in [-0.15, -0.1) is 0 Å². The van der Waals surface area contributed by atoms with E-state index in [1.165, 1.54) is 0 Å². The molecule has 0 saturated heterocycles. The molecule has 0 aliphatic heterocycles. The quantitative estimate of drug-likeness (QED) is 0.750. The first kappa shape index (κ1) is 17.9. The van der Waals surface area contributed by atoms with Crippen molar-refractivity contribution in [1.82, 2.24) is 10.0 Å². The lowest BCUT2D eigenvalue weighted by atomic mass is 9.82. The first-order valence-corrected chi connectivity index (χ1v) is 8.23. The van der Waals surface area contributed by atoms with Crippen molar-refractivity contribution in [2.75, 3.05) is 12.3 Å². The molecule has 0 fully saturated rings. The van der Waals surface area contributed by atoms with Crippen LogP contribution in [0.5, 0.6) is 0 Å². The molecule has 110 valence electrons. The molecule has 0 aromatic heterocycles. The Labute approximate surface area is 113 Å². The topological polar surface area (TPSA) is 58.2 Å². The summed E-state index contributed by atoms with van der Waals surface area (Å²) in [7, 11) is -3.22. The van der Waals surface area contributed by atoms with E-state index in [4.69, 9.17) is 0 Å². The van der Waals surface area contributed by atoms with E-state index >= 15 is 0 Å². The van der Waals surface area contributed by atoms with Gasteiger partial charge in [0, 0.05) is 18.1 Å². The molecule has 0 aromatic rings. The minimum atomic E-state index is -3.22. The molecular formula is C13H30N2O2S. The van der Waals surface area contributed by atoms with Crippen molar-refractivity contribution in [1.29, 1.82) is 0 Å². The van der Waals surface area contributed by atoms with Crippen LogP contribution in [0.3, 0.4) is 0 Å². The van der Waals surface area contributed by atoms with Crippen molar-refractivity contribution < 1.29 is 8.42 Å². The van der Waals surface area contributed by atoms with Gasteiger partial charge < -0.3 is 5.32 Å². The van der Waals surface area contributed by atoms with Crippen LogP contribution in [0.25, 0.3) is 0 Å². The highest BCUT2D eigenvalue weighted by Crippen LogP contribution is 2.27. The number of sulfonamides is 1. The summed E-state index contributed by atoms with van der Waals surface area (Å²) in [5.41, 5.74) is -0.308. The summed E-state index contributed by atoms with van der Waals surface area (Å²) in [6, 6.07) is 0.308. The molecule has 18 heavy (non-hydrogen) atoms. The third-order valence-corrected chi connectivity index (χ3v) is 3.93. The van der Waals surface area contributed by atoms with E-state index in [1.807, 2.05) is 27.7 Å². The first-order chi connectivity index (χ1) is 7.83. The fourth-order valence-corrected chi connectivity index (χ4v) is 3.72. The van der Waals surface area contributed by atoms with Crippen LogP contribution in [0.4, 0.5) is 0 Å². The summed E-state index contributed by atoms with van der Waals surface area (Å²) in [4.78, 5) is 0. The average Bonchev–Trinajstić information content (AvgIpc) is 1.93. The lowest BCUT2D eigenvalue weighted by molar-refractivity contribution is 0.269. The van der Waals surface area contributed by atoms with Gasteiger partial charge in [0.25, 0.3) is 0 Å². The molecule has 0 heterocycles. The highest BCUT2D eigenvalue weighted by molar-refractivity contribution is 7.89. The van der Waals surface area contributed by atoms with Crippen molar-refractivity contribution in [3.63, 3.8) is 0 Å².